The van der Waals surface area contributed by atoms with Crippen molar-refractivity contribution in [2.24, 2.45) is 16.1 Å². The molecular formula is C25H30N4O2. The molecule has 4 rings (SSSR count). The Morgan fingerprint density at radius 3 is 2.52 bits per heavy atom. The Morgan fingerprint density at radius 1 is 1.06 bits per heavy atom. The van der Waals surface area contributed by atoms with Gasteiger partial charge in [-0.3, -0.25) is 9.69 Å². The van der Waals surface area contributed by atoms with E-state index in [1.807, 2.05) is 30.3 Å². The smallest absolute Gasteiger partial charge is 0.224 e. The fraction of sp³-hybridized carbons (Fsp3) is 0.400. The number of morpholine rings is 1. The molecule has 2 aliphatic rings. The van der Waals surface area contributed by atoms with Crippen molar-refractivity contribution in [1.82, 2.24) is 4.90 Å². The molecule has 0 saturated carbocycles. The second-order valence-electron chi connectivity index (χ2n) is 8.04. The fourth-order valence-corrected chi connectivity index (χ4v) is 4.11. The van der Waals surface area contributed by atoms with Gasteiger partial charge >= 0.3 is 0 Å². The SMILES string of the molecule is CCC1C(CCC(=O)Nc2ccccc2)=NN=C1c1ccc(CN2CCOCC2)cc1. The summed E-state index contributed by atoms with van der Waals surface area (Å²) < 4.78 is 5.43. The zero-order valence-electron chi connectivity index (χ0n) is 18.1. The lowest BCUT2D eigenvalue weighted by Gasteiger charge is -2.26. The molecule has 6 nitrogen and oxygen atoms in total. The summed E-state index contributed by atoms with van der Waals surface area (Å²) in [5.41, 5.74) is 5.25. The molecule has 1 unspecified atom stereocenters. The maximum atomic E-state index is 12.3. The molecule has 1 fully saturated rings. The van der Waals surface area contributed by atoms with Gasteiger partial charge in [0.15, 0.2) is 0 Å². The highest BCUT2D eigenvalue weighted by Gasteiger charge is 2.27. The third kappa shape index (κ3) is 5.66. The van der Waals surface area contributed by atoms with E-state index >= 15 is 0 Å². The summed E-state index contributed by atoms with van der Waals surface area (Å²) in [4.78, 5) is 14.7. The van der Waals surface area contributed by atoms with Crippen LogP contribution in [0.3, 0.4) is 0 Å². The summed E-state index contributed by atoms with van der Waals surface area (Å²) in [7, 11) is 0. The minimum absolute atomic E-state index is 0.00432. The molecule has 0 radical (unpaired) electrons. The van der Waals surface area contributed by atoms with E-state index in [9.17, 15) is 4.79 Å². The van der Waals surface area contributed by atoms with E-state index in [4.69, 9.17) is 4.74 Å². The molecule has 1 amide bonds. The van der Waals surface area contributed by atoms with E-state index < -0.39 is 0 Å². The maximum Gasteiger partial charge on any atom is 0.224 e. The number of ether oxygens (including phenoxy) is 1. The van der Waals surface area contributed by atoms with Crippen molar-refractivity contribution >= 4 is 23.0 Å². The number of anilines is 1. The molecule has 0 spiro atoms. The molecule has 2 aromatic carbocycles. The van der Waals surface area contributed by atoms with Crippen LogP contribution in [0.1, 0.15) is 37.3 Å². The summed E-state index contributed by atoms with van der Waals surface area (Å²) >= 11 is 0. The van der Waals surface area contributed by atoms with Crippen molar-refractivity contribution in [3.63, 3.8) is 0 Å². The standard InChI is InChI=1S/C25H30N4O2/c1-2-22-23(12-13-24(30)26-21-6-4-3-5-7-21)27-28-25(22)20-10-8-19(9-11-20)18-29-14-16-31-17-15-29/h3-11,22H,2,12-18H2,1H3,(H,26,30). The molecule has 1 N–H and O–H groups in total. The first kappa shape index (κ1) is 21.4. The lowest BCUT2D eigenvalue weighted by atomic mass is 9.88. The minimum atomic E-state index is 0.00432. The molecule has 1 atom stereocenters. The molecule has 162 valence electrons. The van der Waals surface area contributed by atoms with Crippen molar-refractivity contribution in [2.45, 2.75) is 32.7 Å². The van der Waals surface area contributed by atoms with E-state index in [0.29, 0.717) is 12.8 Å². The number of nitrogens with one attached hydrogen (secondary N) is 1. The van der Waals surface area contributed by atoms with Gasteiger partial charge in [0.25, 0.3) is 0 Å². The van der Waals surface area contributed by atoms with E-state index in [2.05, 4.69) is 51.6 Å². The Morgan fingerprint density at radius 2 is 1.81 bits per heavy atom. The van der Waals surface area contributed by atoms with Crippen LogP contribution in [0.4, 0.5) is 5.69 Å². The van der Waals surface area contributed by atoms with E-state index in [0.717, 1.165) is 61.9 Å². The Bertz CT molecular complexity index is 932. The quantitative estimate of drug-likeness (QED) is 0.701. The van der Waals surface area contributed by atoms with Gasteiger partial charge in [-0.15, -0.1) is 0 Å². The van der Waals surface area contributed by atoms with Gasteiger partial charge in [0.2, 0.25) is 5.91 Å². The molecule has 31 heavy (non-hydrogen) atoms. The Balaban J connectivity index is 1.31. The second kappa shape index (κ2) is 10.5. The topological polar surface area (TPSA) is 66.3 Å². The summed E-state index contributed by atoms with van der Waals surface area (Å²) in [6, 6.07) is 18.2. The largest absolute Gasteiger partial charge is 0.379 e. The first-order valence-corrected chi connectivity index (χ1v) is 11.1. The molecule has 2 aromatic rings. The lowest BCUT2D eigenvalue weighted by molar-refractivity contribution is -0.116. The number of para-hydroxylation sites is 1. The molecular weight excluding hydrogens is 388 g/mol. The van der Waals surface area contributed by atoms with Gasteiger partial charge in [0, 0.05) is 37.7 Å². The van der Waals surface area contributed by atoms with E-state index in [-0.39, 0.29) is 11.8 Å². The Hall–Kier alpha value is -2.83. The predicted octanol–water partition coefficient (Wildman–Crippen LogP) is 4.12. The van der Waals surface area contributed by atoms with Gasteiger partial charge in [-0.1, -0.05) is 49.4 Å². The van der Waals surface area contributed by atoms with Crippen LogP contribution in [0.15, 0.2) is 64.8 Å². The molecule has 0 aliphatic carbocycles. The summed E-state index contributed by atoms with van der Waals surface area (Å²) in [6.07, 6.45) is 1.96. The molecule has 2 heterocycles. The highest BCUT2D eigenvalue weighted by molar-refractivity contribution is 6.18. The van der Waals surface area contributed by atoms with Crippen molar-refractivity contribution in [3.8, 4) is 0 Å². The molecule has 6 heteroatoms. The third-order valence-corrected chi connectivity index (χ3v) is 5.85. The molecule has 2 aliphatic heterocycles. The highest BCUT2D eigenvalue weighted by Crippen LogP contribution is 2.24. The average Bonchev–Trinajstić information content (AvgIpc) is 3.22. The zero-order chi connectivity index (χ0) is 21.5. The number of nitrogens with zero attached hydrogens (tertiary/aromatic N) is 3. The van der Waals surface area contributed by atoms with Crippen molar-refractivity contribution in [3.05, 3.63) is 65.7 Å². The molecule has 0 bridgehead atoms. The maximum absolute atomic E-state index is 12.3. The minimum Gasteiger partial charge on any atom is -0.379 e. The Labute approximate surface area is 184 Å². The van der Waals surface area contributed by atoms with Crippen LogP contribution in [-0.2, 0) is 16.1 Å². The van der Waals surface area contributed by atoms with Gasteiger partial charge in [-0.25, -0.2) is 0 Å². The number of carbonyl (C=O) groups excluding carboxylic acids is 1. The molecule has 1 saturated heterocycles. The first-order chi connectivity index (χ1) is 15.2. The summed E-state index contributed by atoms with van der Waals surface area (Å²) in [6.45, 7) is 6.71. The number of benzene rings is 2. The van der Waals surface area contributed by atoms with Gasteiger partial charge in [0.05, 0.1) is 24.6 Å². The van der Waals surface area contributed by atoms with Crippen molar-refractivity contribution < 1.29 is 9.53 Å². The van der Waals surface area contributed by atoms with Crippen LogP contribution >= 0.6 is 0 Å². The van der Waals surface area contributed by atoms with E-state index in [1.165, 1.54) is 5.56 Å². The van der Waals surface area contributed by atoms with Crippen LogP contribution in [-0.4, -0.2) is 48.5 Å². The van der Waals surface area contributed by atoms with Gasteiger partial charge in [-0.05, 0) is 36.1 Å². The molecule has 0 aromatic heterocycles. The zero-order valence-corrected chi connectivity index (χ0v) is 18.1. The van der Waals surface area contributed by atoms with Crippen LogP contribution in [0.2, 0.25) is 0 Å². The van der Waals surface area contributed by atoms with Gasteiger partial charge in [0.1, 0.15) is 0 Å². The summed E-state index contributed by atoms with van der Waals surface area (Å²) in [5.74, 6) is 0.180. The van der Waals surface area contributed by atoms with Gasteiger partial charge < -0.3 is 10.1 Å². The van der Waals surface area contributed by atoms with Crippen molar-refractivity contribution in [2.75, 3.05) is 31.6 Å². The normalized spacial score (nSPS) is 19.1. The number of hydrogen-bond acceptors (Lipinski definition) is 5. The van der Waals surface area contributed by atoms with Crippen LogP contribution in [0.25, 0.3) is 0 Å². The van der Waals surface area contributed by atoms with Crippen molar-refractivity contribution in [1.29, 1.82) is 0 Å². The number of amides is 1. The fourth-order valence-electron chi connectivity index (χ4n) is 4.11. The first-order valence-electron chi connectivity index (χ1n) is 11.1. The van der Waals surface area contributed by atoms with Crippen LogP contribution < -0.4 is 5.32 Å². The number of rotatable bonds is 8. The van der Waals surface area contributed by atoms with E-state index in [1.54, 1.807) is 0 Å². The third-order valence-electron chi connectivity index (χ3n) is 5.85. The monoisotopic (exact) mass is 418 g/mol. The lowest BCUT2D eigenvalue weighted by Crippen LogP contribution is -2.35. The Kier molecular flexibility index (Phi) is 7.22. The van der Waals surface area contributed by atoms with Crippen LogP contribution in [0.5, 0.6) is 0 Å². The average molecular weight is 419 g/mol. The number of hydrogen-bond donors (Lipinski definition) is 1. The summed E-state index contributed by atoms with van der Waals surface area (Å²) in [5, 5.41) is 11.9. The second-order valence-corrected chi connectivity index (χ2v) is 8.04. The number of carbonyl (C=O) groups is 1. The predicted molar refractivity (Wildman–Crippen MR) is 125 cm³/mol. The van der Waals surface area contributed by atoms with Gasteiger partial charge in [-0.2, -0.15) is 10.2 Å². The van der Waals surface area contributed by atoms with Crippen LogP contribution in [0, 0.1) is 5.92 Å². The highest BCUT2D eigenvalue weighted by atomic mass is 16.5.